The molecule has 5 heteroatoms. The van der Waals surface area contributed by atoms with Crippen molar-refractivity contribution in [3.8, 4) is 0 Å². The molecule has 2 aliphatic heterocycles. The van der Waals surface area contributed by atoms with E-state index in [1.807, 2.05) is 0 Å². The molecule has 1 aromatic carbocycles. The molecule has 0 amide bonds. The lowest BCUT2D eigenvalue weighted by Gasteiger charge is -2.36. The molecule has 2 saturated heterocycles. The Labute approximate surface area is 152 Å². The van der Waals surface area contributed by atoms with Gasteiger partial charge in [-0.3, -0.25) is 9.89 Å². The Kier molecular flexibility index (Phi) is 6.98. The van der Waals surface area contributed by atoms with Gasteiger partial charge in [0.05, 0.1) is 0 Å². The summed E-state index contributed by atoms with van der Waals surface area (Å²) in [5.74, 6) is 0.760. The van der Waals surface area contributed by atoms with Gasteiger partial charge < -0.3 is 15.5 Å². The van der Waals surface area contributed by atoms with E-state index in [9.17, 15) is 0 Å². The number of hydrogen-bond donors (Lipinski definition) is 1. The van der Waals surface area contributed by atoms with E-state index in [1.54, 1.807) is 0 Å². The molecule has 2 heterocycles. The highest BCUT2D eigenvalue weighted by Gasteiger charge is 2.16. The number of para-hydroxylation sites is 1. The van der Waals surface area contributed by atoms with Crippen molar-refractivity contribution in [3.63, 3.8) is 0 Å². The Morgan fingerprint density at radius 1 is 0.880 bits per heavy atom. The maximum absolute atomic E-state index is 6.10. The lowest BCUT2D eigenvalue weighted by molar-refractivity contribution is 0.253. The van der Waals surface area contributed by atoms with Gasteiger partial charge >= 0.3 is 0 Å². The summed E-state index contributed by atoms with van der Waals surface area (Å²) in [6.45, 7) is 8.80. The Bertz CT molecular complexity index is 516. The van der Waals surface area contributed by atoms with Crippen LogP contribution in [0.25, 0.3) is 0 Å². The molecule has 2 aliphatic rings. The van der Waals surface area contributed by atoms with Crippen molar-refractivity contribution in [3.05, 3.63) is 30.3 Å². The van der Waals surface area contributed by atoms with Gasteiger partial charge in [-0.05, 0) is 50.8 Å². The highest BCUT2D eigenvalue weighted by Crippen LogP contribution is 2.15. The van der Waals surface area contributed by atoms with Crippen LogP contribution in [-0.2, 0) is 0 Å². The van der Waals surface area contributed by atoms with Crippen LogP contribution in [0.3, 0.4) is 0 Å². The van der Waals surface area contributed by atoms with Gasteiger partial charge in [0, 0.05) is 51.5 Å². The number of anilines is 1. The highest BCUT2D eigenvalue weighted by molar-refractivity contribution is 5.78. The second kappa shape index (κ2) is 9.66. The van der Waals surface area contributed by atoms with E-state index >= 15 is 0 Å². The number of piperazine rings is 1. The molecule has 1 aromatic rings. The normalized spacial score (nSPS) is 20.1. The molecular formula is C20H33N5. The summed E-state index contributed by atoms with van der Waals surface area (Å²) in [6, 6.07) is 10.7. The molecule has 0 saturated carbocycles. The van der Waals surface area contributed by atoms with Crippen LogP contribution < -0.4 is 10.6 Å². The Hall–Kier alpha value is -1.75. The van der Waals surface area contributed by atoms with Crippen LogP contribution in [0.4, 0.5) is 5.69 Å². The predicted octanol–water partition coefficient (Wildman–Crippen LogP) is 2.39. The van der Waals surface area contributed by atoms with E-state index in [2.05, 4.69) is 50.0 Å². The Balaban J connectivity index is 1.29. The number of guanidine groups is 1. The highest BCUT2D eigenvalue weighted by atomic mass is 15.3. The average Bonchev–Trinajstić information content (AvgIpc) is 2.69. The van der Waals surface area contributed by atoms with Gasteiger partial charge in [-0.15, -0.1) is 0 Å². The minimum absolute atomic E-state index is 0.760. The molecule has 0 atom stereocenters. The smallest absolute Gasteiger partial charge is 0.191 e. The zero-order valence-electron chi connectivity index (χ0n) is 15.4. The lowest BCUT2D eigenvalue weighted by Crippen LogP contribution is -2.46. The first-order valence-corrected chi connectivity index (χ1v) is 9.90. The van der Waals surface area contributed by atoms with Crippen molar-refractivity contribution in [1.82, 2.24) is 9.80 Å². The number of hydrogen-bond acceptors (Lipinski definition) is 3. The lowest BCUT2D eigenvalue weighted by atomic mass is 10.1. The van der Waals surface area contributed by atoms with Crippen molar-refractivity contribution in [1.29, 1.82) is 0 Å². The summed E-state index contributed by atoms with van der Waals surface area (Å²) in [4.78, 5) is 11.9. The second-order valence-electron chi connectivity index (χ2n) is 7.16. The first-order valence-electron chi connectivity index (χ1n) is 9.90. The van der Waals surface area contributed by atoms with Crippen LogP contribution in [0.5, 0.6) is 0 Å². The second-order valence-corrected chi connectivity index (χ2v) is 7.16. The number of aliphatic imine (C=N–C) groups is 1. The molecule has 0 aromatic heterocycles. The minimum Gasteiger partial charge on any atom is -0.370 e. The van der Waals surface area contributed by atoms with E-state index in [4.69, 9.17) is 5.73 Å². The van der Waals surface area contributed by atoms with E-state index in [1.165, 1.54) is 37.9 Å². The monoisotopic (exact) mass is 343 g/mol. The number of piperidine rings is 1. The quantitative estimate of drug-likeness (QED) is 0.489. The van der Waals surface area contributed by atoms with Crippen molar-refractivity contribution >= 4 is 11.6 Å². The number of unbranched alkanes of at least 4 members (excludes halogenated alkanes) is 1. The summed E-state index contributed by atoms with van der Waals surface area (Å²) >= 11 is 0. The van der Waals surface area contributed by atoms with Crippen LogP contribution >= 0.6 is 0 Å². The fraction of sp³-hybridized carbons (Fsp3) is 0.650. The van der Waals surface area contributed by atoms with Crippen molar-refractivity contribution in [2.24, 2.45) is 10.7 Å². The SMILES string of the molecule is NC(=NCCCCN1CCN(c2ccccc2)CC1)N1CCCCC1. The summed E-state index contributed by atoms with van der Waals surface area (Å²) in [5, 5.41) is 0. The van der Waals surface area contributed by atoms with Gasteiger partial charge in [-0.2, -0.15) is 0 Å². The summed E-state index contributed by atoms with van der Waals surface area (Å²) in [7, 11) is 0. The minimum atomic E-state index is 0.760. The van der Waals surface area contributed by atoms with Crippen molar-refractivity contribution in [2.75, 3.05) is 57.3 Å². The summed E-state index contributed by atoms with van der Waals surface area (Å²) < 4.78 is 0. The summed E-state index contributed by atoms with van der Waals surface area (Å²) in [5.41, 5.74) is 7.46. The van der Waals surface area contributed by atoms with Gasteiger partial charge in [0.15, 0.2) is 5.96 Å². The zero-order valence-corrected chi connectivity index (χ0v) is 15.4. The van der Waals surface area contributed by atoms with Crippen molar-refractivity contribution < 1.29 is 0 Å². The number of nitrogens with two attached hydrogens (primary N) is 1. The fourth-order valence-electron chi connectivity index (χ4n) is 3.73. The fourth-order valence-corrected chi connectivity index (χ4v) is 3.73. The molecule has 2 fully saturated rings. The van der Waals surface area contributed by atoms with Gasteiger partial charge in [-0.1, -0.05) is 18.2 Å². The van der Waals surface area contributed by atoms with Crippen LogP contribution in [0.15, 0.2) is 35.3 Å². The third-order valence-electron chi connectivity index (χ3n) is 5.33. The molecule has 0 aliphatic carbocycles. The van der Waals surface area contributed by atoms with E-state index < -0.39 is 0 Å². The van der Waals surface area contributed by atoms with E-state index in [-0.39, 0.29) is 0 Å². The Morgan fingerprint density at radius 3 is 2.32 bits per heavy atom. The number of likely N-dealkylation sites (tertiary alicyclic amines) is 1. The van der Waals surface area contributed by atoms with Crippen LogP contribution in [-0.4, -0.2) is 68.1 Å². The molecule has 0 bridgehead atoms. The molecule has 0 radical (unpaired) electrons. The number of rotatable bonds is 6. The first-order chi connectivity index (χ1) is 12.3. The largest absolute Gasteiger partial charge is 0.370 e. The predicted molar refractivity (Wildman–Crippen MR) is 106 cm³/mol. The third kappa shape index (κ3) is 5.63. The van der Waals surface area contributed by atoms with Crippen LogP contribution in [0.1, 0.15) is 32.1 Å². The van der Waals surface area contributed by atoms with Crippen LogP contribution in [0, 0.1) is 0 Å². The molecule has 3 rings (SSSR count). The molecule has 0 spiro atoms. The molecule has 138 valence electrons. The molecule has 2 N–H and O–H groups in total. The first kappa shape index (κ1) is 18.1. The molecule has 0 unspecified atom stereocenters. The average molecular weight is 344 g/mol. The molecule has 25 heavy (non-hydrogen) atoms. The zero-order chi connectivity index (χ0) is 17.3. The Morgan fingerprint density at radius 2 is 1.60 bits per heavy atom. The number of nitrogens with zero attached hydrogens (tertiary/aromatic N) is 4. The topological polar surface area (TPSA) is 48.1 Å². The van der Waals surface area contributed by atoms with E-state index in [0.29, 0.717) is 0 Å². The maximum atomic E-state index is 6.10. The third-order valence-corrected chi connectivity index (χ3v) is 5.33. The molecular weight excluding hydrogens is 310 g/mol. The van der Waals surface area contributed by atoms with Gasteiger partial charge in [-0.25, -0.2) is 0 Å². The standard InChI is InChI=1S/C20H33N5/c21-20(25-13-6-2-7-14-25)22-11-5-8-12-23-15-17-24(18-16-23)19-9-3-1-4-10-19/h1,3-4,9-10H,2,5-8,11-18H2,(H2,21,22). The van der Waals surface area contributed by atoms with Gasteiger partial charge in [0.1, 0.15) is 0 Å². The maximum Gasteiger partial charge on any atom is 0.191 e. The molecule has 5 nitrogen and oxygen atoms in total. The van der Waals surface area contributed by atoms with Crippen LogP contribution in [0.2, 0.25) is 0 Å². The van der Waals surface area contributed by atoms with Gasteiger partial charge in [0.2, 0.25) is 0 Å². The van der Waals surface area contributed by atoms with Crippen molar-refractivity contribution in [2.45, 2.75) is 32.1 Å². The number of benzene rings is 1. The van der Waals surface area contributed by atoms with Gasteiger partial charge in [0.25, 0.3) is 0 Å². The van der Waals surface area contributed by atoms with E-state index in [0.717, 1.165) is 58.2 Å². The summed E-state index contributed by atoms with van der Waals surface area (Å²) in [6.07, 6.45) is 6.19.